The minimum absolute atomic E-state index is 0.272. The largest absolute Gasteiger partial charge is 0.379 e. The molecule has 0 amide bonds. The molecule has 2 aliphatic rings. The number of hydrogen-bond acceptors (Lipinski definition) is 4. The molecule has 1 saturated carbocycles. The minimum Gasteiger partial charge on any atom is -0.379 e. The van der Waals surface area contributed by atoms with Gasteiger partial charge in [-0.05, 0) is 31.8 Å². The molecule has 1 aliphatic carbocycles. The van der Waals surface area contributed by atoms with Gasteiger partial charge in [0.1, 0.15) is 0 Å². The van der Waals surface area contributed by atoms with Crippen molar-refractivity contribution in [3.63, 3.8) is 0 Å². The number of ether oxygens (including phenoxy) is 2. The van der Waals surface area contributed by atoms with Gasteiger partial charge in [-0.25, -0.2) is 0 Å². The quantitative estimate of drug-likeness (QED) is 0.696. The lowest BCUT2D eigenvalue weighted by atomic mass is 9.64. The van der Waals surface area contributed by atoms with E-state index in [4.69, 9.17) is 9.47 Å². The van der Waals surface area contributed by atoms with Crippen molar-refractivity contribution in [3.05, 3.63) is 0 Å². The predicted molar refractivity (Wildman–Crippen MR) is 86.6 cm³/mol. The third-order valence-electron chi connectivity index (χ3n) is 4.95. The van der Waals surface area contributed by atoms with Crippen LogP contribution in [0.25, 0.3) is 0 Å². The van der Waals surface area contributed by atoms with Gasteiger partial charge in [0.05, 0.1) is 19.3 Å². The molecule has 0 aromatic rings. The van der Waals surface area contributed by atoms with Gasteiger partial charge in [0.25, 0.3) is 0 Å². The zero-order valence-electron chi connectivity index (χ0n) is 14.4. The molecular formula is C17H34N2O2. The molecule has 0 bridgehead atoms. The Morgan fingerprint density at radius 1 is 1.29 bits per heavy atom. The Labute approximate surface area is 130 Å². The number of morpholine rings is 1. The summed E-state index contributed by atoms with van der Waals surface area (Å²) in [4.78, 5) is 2.51. The second kappa shape index (κ2) is 7.91. The van der Waals surface area contributed by atoms with Crippen molar-refractivity contribution in [1.82, 2.24) is 10.2 Å². The van der Waals surface area contributed by atoms with Crippen molar-refractivity contribution in [2.24, 2.45) is 11.3 Å². The third-order valence-corrected chi connectivity index (χ3v) is 4.95. The SMILES string of the molecule is CC(C)COC1CC(NCCCN2CCOCC2)C1(C)C. The molecular weight excluding hydrogens is 264 g/mol. The Bertz CT molecular complexity index is 301. The maximum atomic E-state index is 6.02. The van der Waals surface area contributed by atoms with E-state index in [9.17, 15) is 0 Å². The van der Waals surface area contributed by atoms with E-state index in [1.54, 1.807) is 0 Å². The van der Waals surface area contributed by atoms with Crippen LogP contribution in [0.4, 0.5) is 0 Å². The zero-order valence-corrected chi connectivity index (χ0v) is 14.4. The van der Waals surface area contributed by atoms with E-state index in [1.165, 1.54) is 13.0 Å². The van der Waals surface area contributed by atoms with Gasteiger partial charge in [-0.3, -0.25) is 4.90 Å². The standard InChI is InChI=1S/C17H34N2O2/c1-14(2)13-21-16-12-15(17(16,3)4)18-6-5-7-19-8-10-20-11-9-19/h14-16,18H,5-13H2,1-4H3. The molecule has 2 unspecified atom stereocenters. The lowest BCUT2D eigenvalue weighted by Gasteiger charge is -2.52. The molecule has 2 atom stereocenters. The Balaban J connectivity index is 1.57. The summed E-state index contributed by atoms with van der Waals surface area (Å²) < 4.78 is 11.4. The summed E-state index contributed by atoms with van der Waals surface area (Å²) in [5.74, 6) is 0.626. The van der Waals surface area contributed by atoms with Gasteiger partial charge in [0.2, 0.25) is 0 Å². The van der Waals surface area contributed by atoms with E-state index in [0.29, 0.717) is 18.1 Å². The molecule has 21 heavy (non-hydrogen) atoms. The second-order valence-electron chi connectivity index (χ2n) is 7.59. The highest BCUT2D eigenvalue weighted by Crippen LogP contribution is 2.42. The van der Waals surface area contributed by atoms with Crippen molar-refractivity contribution in [1.29, 1.82) is 0 Å². The normalized spacial score (nSPS) is 29.6. The van der Waals surface area contributed by atoms with E-state index in [2.05, 4.69) is 37.9 Å². The summed E-state index contributed by atoms with van der Waals surface area (Å²) in [6, 6.07) is 0.611. The first-order valence-electron chi connectivity index (χ1n) is 8.65. The monoisotopic (exact) mass is 298 g/mol. The van der Waals surface area contributed by atoms with Crippen molar-refractivity contribution in [2.45, 2.75) is 52.7 Å². The highest BCUT2D eigenvalue weighted by Gasteiger charge is 2.48. The van der Waals surface area contributed by atoms with Crippen LogP contribution < -0.4 is 5.32 Å². The van der Waals surface area contributed by atoms with Gasteiger partial charge in [0.15, 0.2) is 0 Å². The molecule has 1 aliphatic heterocycles. The van der Waals surface area contributed by atoms with Crippen LogP contribution in [0.2, 0.25) is 0 Å². The van der Waals surface area contributed by atoms with Crippen molar-refractivity contribution < 1.29 is 9.47 Å². The Morgan fingerprint density at radius 2 is 2.00 bits per heavy atom. The highest BCUT2D eigenvalue weighted by molar-refractivity contribution is 5.02. The predicted octanol–water partition coefficient (Wildman–Crippen LogP) is 2.14. The average Bonchev–Trinajstić information content (AvgIpc) is 2.45. The topological polar surface area (TPSA) is 33.7 Å². The molecule has 0 aromatic carbocycles. The fourth-order valence-corrected chi connectivity index (χ4v) is 3.23. The maximum absolute atomic E-state index is 6.02. The zero-order chi connectivity index (χ0) is 15.3. The van der Waals surface area contributed by atoms with Crippen LogP contribution >= 0.6 is 0 Å². The first kappa shape index (κ1) is 17.2. The second-order valence-corrected chi connectivity index (χ2v) is 7.59. The van der Waals surface area contributed by atoms with E-state index in [0.717, 1.165) is 45.9 Å². The van der Waals surface area contributed by atoms with Gasteiger partial charge < -0.3 is 14.8 Å². The van der Waals surface area contributed by atoms with Crippen LogP contribution in [0.15, 0.2) is 0 Å². The number of rotatable bonds is 8. The van der Waals surface area contributed by atoms with Crippen LogP contribution in [0.1, 0.15) is 40.5 Å². The lowest BCUT2D eigenvalue weighted by molar-refractivity contribution is -0.123. The summed E-state index contributed by atoms with van der Waals surface area (Å²) in [5, 5.41) is 3.73. The van der Waals surface area contributed by atoms with Gasteiger partial charge in [-0.2, -0.15) is 0 Å². The molecule has 2 fully saturated rings. The first-order valence-corrected chi connectivity index (χ1v) is 8.65. The molecule has 2 rings (SSSR count). The fourth-order valence-electron chi connectivity index (χ4n) is 3.23. The summed E-state index contributed by atoms with van der Waals surface area (Å²) in [7, 11) is 0. The number of nitrogens with zero attached hydrogens (tertiary/aromatic N) is 1. The fraction of sp³-hybridized carbons (Fsp3) is 1.00. The van der Waals surface area contributed by atoms with Crippen LogP contribution in [0.3, 0.4) is 0 Å². The molecule has 0 radical (unpaired) electrons. The lowest BCUT2D eigenvalue weighted by Crippen LogP contribution is -2.61. The summed E-state index contributed by atoms with van der Waals surface area (Å²) >= 11 is 0. The molecule has 4 heteroatoms. The van der Waals surface area contributed by atoms with Gasteiger partial charge >= 0.3 is 0 Å². The van der Waals surface area contributed by atoms with Crippen molar-refractivity contribution in [2.75, 3.05) is 46.0 Å². The number of hydrogen-bond donors (Lipinski definition) is 1. The Morgan fingerprint density at radius 3 is 2.62 bits per heavy atom. The third kappa shape index (κ3) is 4.92. The minimum atomic E-state index is 0.272. The van der Waals surface area contributed by atoms with E-state index in [1.807, 2.05) is 0 Å². The number of nitrogens with one attached hydrogen (secondary N) is 1. The molecule has 1 heterocycles. The molecule has 0 spiro atoms. The van der Waals surface area contributed by atoms with Crippen molar-refractivity contribution >= 4 is 0 Å². The smallest absolute Gasteiger partial charge is 0.0656 e. The molecule has 1 N–H and O–H groups in total. The van der Waals surface area contributed by atoms with E-state index < -0.39 is 0 Å². The molecule has 4 nitrogen and oxygen atoms in total. The first-order chi connectivity index (χ1) is 10.00. The van der Waals surface area contributed by atoms with E-state index in [-0.39, 0.29) is 5.41 Å². The maximum Gasteiger partial charge on any atom is 0.0656 e. The van der Waals surface area contributed by atoms with Crippen LogP contribution in [0, 0.1) is 11.3 Å². The highest BCUT2D eigenvalue weighted by atomic mass is 16.5. The molecule has 1 saturated heterocycles. The van der Waals surface area contributed by atoms with Crippen molar-refractivity contribution in [3.8, 4) is 0 Å². The summed E-state index contributed by atoms with van der Waals surface area (Å²) in [6.07, 6.45) is 2.82. The van der Waals surface area contributed by atoms with Crippen LogP contribution in [-0.4, -0.2) is 63.0 Å². The molecule has 124 valence electrons. The van der Waals surface area contributed by atoms with E-state index >= 15 is 0 Å². The average molecular weight is 298 g/mol. The van der Waals surface area contributed by atoms with Crippen LogP contribution in [-0.2, 0) is 9.47 Å². The Hall–Kier alpha value is -0.160. The van der Waals surface area contributed by atoms with Gasteiger partial charge in [-0.1, -0.05) is 27.7 Å². The summed E-state index contributed by atoms with van der Waals surface area (Å²) in [5.41, 5.74) is 0.272. The van der Waals surface area contributed by atoms with Crippen LogP contribution in [0.5, 0.6) is 0 Å². The summed E-state index contributed by atoms with van der Waals surface area (Å²) in [6.45, 7) is 16.3. The van der Waals surface area contributed by atoms with Gasteiger partial charge in [0, 0.05) is 31.2 Å². The Kier molecular flexibility index (Phi) is 6.48. The van der Waals surface area contributed by atoms with Gasteiger partial charge in [-0.15, -0.1) is 0 Å². The molecule has 0 aromatic heterocycles.